The number of nitrogens with zero attached hydrogens (tertiary/aromatic N) is 4. The Morgan fingerprint density at radius 1 is 1.29 bits per heavy atom. The molecule has 5 nitrogen and oxygen atoms in total. The molecule has 0 aliphatic heterocycles. The smallest absolute Gasteiger partial charge is 0.276 e. The highest BCUT2D eigenvalue weighted by Crippen LogP contribution is 2.24. The molecule has 0 bridgehead atoms. The van der Waals surface area contributed by atoms with E-state index in [9.17, 15) is 4.79 Å². The van der Waals surface area contributed by atoms with Crippen molar-refractivity contribution in [2.45, 2.75) is 52.0 Å². The van der Waals surface area contributed by atoms with Crippen molar-refractivity contribution in [2.75, 3.05) is 6.54 Å². The highest BCUT2D eigenvalue weighted by Gasteiger charge is 2.28. The Morgan fingerprint density at radius 3 is 2.71 bits per heavy atom. The summed E-state index contributed by atoms with van der Waals surface area (Å²) in [6.07, 6.45) is 5.83. The lowest BCUT2D eigenvalue weighted by Crippen LogP contribution is -2.41. The summed E-state index contributed by atoms with van der Waals surface area (Å²) in [7, 11) is 0. The summed E-state index contributed by atoms with van der Waals surface area (Å²) in [5, 5.41) is 9.46. The van der Waals surface area contributed by atoms with Crippen LogP contribution in [0.3, 0.4) is 0 Å². The van der Waals surface area contributed by atoms with Crippen LogP contribution in [0.2, 0.25) is 5.02 Å². The summed E-state index contributed by atoms with van der Waals surface area (Å²) in [6, 6.07) is 7.63. The molecule has 1 aromatic heterocycles. The first kappa shape index (κ1) is 17.0. The average molecular weight is 347 g/mol. The quantitative estimate of drug-likeness (QED) is 0.840. The summed E-state index contributed by atoms with van der Waals surface area (Å²) in [6.45, 7) is 4.56. The number of carbonyl (C=O) groups excluding carboxylic acids is 1. The number of rotatable bonds is 4. The van der Waals surface area contributed by atoms with Crippen molar-refractivity contribution < 1.29 is 4.79 Å². The van der Waals surface area contributed by atoms with Gasteiger partial charge in [0.15, 0.2) is 5.69 Å². The van der Waals surface area contributed by atoms with Crippen LogP contribution in [0.4, 0.5) is 0 Å². The van der Waals surface area contributed by atoms with E-state index in [-0.39, 0.29) is 5.91 Å². The molecule has 1 heterocycles. The molecule has 1 amide bonds. The zero-order valence-corrected chi connectivity index (χ0v) is 15.0. The Labute approximate surface area is 147 Å². The topological polar surface area (TPSA) is 51.0 Å². The molecule has 0 N–H and O–H groups in total. The highest BCUT2D eigenvalue weighted by molar-refractivity contribution is 6.30. The molecule has 1 fully saturated rings. The summed E-state index contributed by atoms with van der Waals surface area (Å²) in [5.41, 5.74) is 1.84. The summed E-state index contributed by atoms with van der Waals surface area (Å²) >= 11 is 6.03. The predicted octanol–water partition coefficient (Wildman–Crippen LogP) is 4.02. The predicted molar refractivity (Wildman–Crippen MR) is 94.7 cm³/mol. The molecule has 128 valence electrons. The number of carbonyl (C=O) groups is 1. The third-order valence-electron chi connectivity index (χ3n) is 4.64. The van der Waals surface area contributed by atoms with Gasteiger partial charge in [0.25, 0.3) is 5.91 Å². The van der Waals surface area contributed by atoms with Crippen LogP contribution in [0.25, 0.3) is 5.69 Å². The van der Waals surface area contributed by atoms with Gasteiger partial charge in [0.05, 0.1) is 11.4 Å². The number of benzene rings is 1. The van der Waals surface area contributed by atoms with Crippen LogP contribution in [-0.2, 0) is 0 Å². The largest absolute Gasteiger partial charge is 0.334 e. The monoisotopic (exact) mass is 346 g/mol. The first-order valence-electron chi connectivity index (χ1n) is 8.61. The average Bonchev–Trinajstić information content (AvgIpc) is 2.98. The molecule has 0 radical (unpaired) electrons. The van der Waals surface area contributed by atoms with Gasteiger partial charge >= 0.3 is 0 Å². The molecule has 1 saturated carbocycles. The maximum absolute atomic E-state index is 13.0. The van der Waals surface area contributed by atoms with E-state index >= 15 is 0 Å². The molecule has 1 aliphatic rings. The molecule has 6 heteroatoms. The zero-order chi connectivity index (χ0) is 17.1. The zero-order valence-electron chi connectivity index (χ0n) is 14.2. The number of halogens is 1. The fraction of sp³-hybridized carbons (Fsp3) is 0.500. The van der Waals surface area contributed by atoms with Gasteiger partial charge in [-0.2, -0.15) is 9.90 Å². The maximum atomic E-state index is 13.0. The molecule has 1 aromatic carbocycles. The van der Waals surface area contributed by atoms with E-state index in [0.717, 1.165) is 18.5 Å². The Hall–Kier alpha value is -1.88. The lowest BCUT2D eigenvalue weighted by molar-refractivity contribution is 0.0640. The second kappa shape index (κ2) is 7.34. The van der Waals surface area contributed by atoms with E-state index in [1.165, 1.54) is 24.1 Å². The van der Waals surface area contributed by atoms with Gasteiger partial charge in [-0.1, -0.05) is 36.9 Å². The van der Waals surface area contributed by atoms with Crippen LogP contribution in [0, 0.1) is 6.92 Å². The van der Waals surface area contributed by atoms with E-state index in [2.05, 4.69) is 10.2 Å². The molecule has 3 rings (SSSR count). The number of aromatic nitrogens is 3. The maximum Gasteiger partial charge on any atom is 0.276 e. The van der Waals surface area contributed by atoms with Crippen molar-refractivity contribution >= 4 is 17.5 Å². The molecule has 0 spiro atoms. The number of hydrogen-bond donors (Lipinski definition) is 0. The van der Waals surface area contributed by atoms with E-state index in [1.54, 1.807) is 12.1 Å². The molecular formula is C18H23ClN4O. The Kier molecular flexibility index (Phi) is 5.19. The van der Waals surface area contributed by atoms with Gasteiger partial charge in [0.2, 0.25) is 0 Å². The minimum atomic E-state index is -0.0184. The van der Waals surface area contributed by atoms with Gasteiger partial charge in [0.1, 0.15) is 0 Å². The number of aryl methyl sites for hydroxylation is 1. The van der Waals surface area contributed by atoms with Gasteiger partial charge in [-0.25, -0.2) is 0 Å². The molecule has 24 heavy (non-hydrogen) atoms. The lowest BCUT2D eigenvalue weighted by atomic mass is 9.94. The number of hydrogen-bond acceptors (Lipinski definition) is 3. The Balaban J connectivity index is 1.87. The standard InChI is InChI=1S/C18H23ClN4O/c1-3-22(15-9-5-4-6-10-15)18(24)17-13(2)20-23(21-17)16-11-7-8-14(19)12-16/h7-8,11-12,15H,3-6,9-10H2,1-2H3. The lowest BCUT2D eigenvalue weighted by Gasteiger charge is -2.33. The molecule has 1 aliphatic carbocycles. The van der Waals surface area contributed by atoms with Crippen molar-refractivity contribution in [3.05, 3.63) is 40.7 Å². The molecule has 0 saturated heterocycles. The van der Waals surface area contributed by atoms with Crippen LogP contribution in [-0.4, -0.2) is 38.4 Å². The first-order valence-corrected chi connectivity index (χ1v) is 8.98. The SMILES string of the molecule is CCN(C(=O)c1nn(-c2cccc(Cl)c2)nc1C)C1CCCCC1. The van der Waals surface area contributed by atoms with E-state index in [4.69, 9.17) is 11.6 Å². The summed E-state index contributed by atoms with van der Waals surface area (Å²) in [5.74, 6) is -0.0184. The van der Waals surface area contributed by atoms with Crippen LogP contribution in [0.5, 0.6) is 0 Å². The second-order valence-electron chi connectivity index (χ2n) is 6.29. The Bertz CT molecular complexity index is 722. The van der Waals surface area contributed by atoms with Gasteiger partial charge in [-0.3, -0.25) is 4.79 Å². The third kappa shape index (κ3) is 3.46. The van der Waals surface area contributed by atoms with Crippen molar-refractivity contribution in [3.63, 3.8) is 0 Å². The van der Waals surface area contributed by atoms with Crippen molar-refractivity contribution in [1.82, 2.24) is 19.9 Å². The number of amides is 1. The van der Waals surface area contributed by atoms with E-state index in [0.29, 0.717) is 29.0 Å². The minimum Gasteiger partial charge on any atom is -0.334 e. The molecular weight excluding hydrogens is 324 g/mol. The van der Waals surface area contributed by atoms with E-state index < -0.39 is 0 Å². The van der Waals surface area contributed by atoms with Crippen LogP contribution in [0.1, 0.15) is 55.2 Å². The second-order valence-corrected chi connectivity index (χ2v) is 6.72. The fourth-order valence-corrected chi connectivity index (χ4v) is 3.57. The van der Waals surface area contributed by atoms with Gasteiger partial charge in [-0.15, -0.1) is 5.10 Å². The highest BCUT2D eigenvalue weighted by atomic mass is 35.5. The van der Waals surface area contributed by atoms with Gasteiger partial charge < -0.3 is 4.90 Å². The summed E-state index contributed by atoms with van der Waals surface area (Å²) < 4.78 is 0. The summed E-state index contributed by atoms with van der Waals surface area (Å²) in [4.78, 5) is 16.4. The van der Waals surface area contributed by atoms with Gasteiger partial charge in [0, 0.05) is 17.6 Å². The minimum absolute atomic E-state index is 0.0184. The van der Waals surface area contributed by atoms with E-state index in [1.807, 2.05) is 30.9 Å². The Morgan fingerprint density at radius 2 is 2.04 bits per heavy atom. The van der Waals surface area contributed by atoms with Crippen molar-refractivity contribution in [1.29, 1.82) is 0 Å². The molecule has 0 unspecified atom stereocenters. The van der Waals surface area contributed by atoms with Crippen LogP contribution in [0.15, 0.2) is 24.3 Å². The van der Waals surface area contributed by atoms with Crippen molar-refractivity contribution in [3.8, 4) is 5.69 Å². The van der Waals surface area contributed by atoms with Crippen LogP contribution >= 0.6 is 11.6 Å². The molecule has 2 aromatic rings. The van der Waals surface area contributed by atoms with Gasteiger partial charge in [-0.05, 0) is 44.9 Å². The third-order valence-corrected chi connectivity index (χ3v) is 4.88. The van der Waals surface area contributed by atoms with Crippen molar-refractivity contribution in [2.24, 2.45) is 0 Å². The normalized spacial score (nSPS) is 15.5. The molecule has 0 atom stereocenters. The fourth-order valence-electron chi connectivity index (χ4n) is 3.39. The van der Waals surface area contributed by atoms with Crippen LogP contribution < -0.4 is 0 Å². The first-order chi connectivity index (χ1) is 11.6.